The van der Waals surface area contributed by atoms with E-state index in [0.29, 0.717) is 4.91 Å². The van der Waals surface area contributed by atoms with E-state index < -0.39 is 12.5 Å². The number of amides is 1. The van der Waals surface area contributed by atoms with E-state index in [1.54, 1.807) is 6.08 Å². The number of rotatable bonds is 3. The summed E-state index contributed by atoms with van der Waals surface area (Å²) in [6.45, 7) is 1.58. The molecule has 0 atom stereocenters. The monoisotopic (exact) mass is 346 g/mol. The first kappa shape index (κ1) is 15.8. The first-order valence-corrected chi connectivity index (χ1v) is 8.14. The van der Waals surface area contributed by atoms with Crippen molar-refractivity contribution in [3.05, 3.63) is 40.4 Å². The van der Waals surface area contributed by atoms with Crippen molar-refractivity contribution < 1.29 is 14.7 Å². The zero-order valence-corrected chi connectivity index (χ0v) is 14.2. The van der Waals surface area contributed by atoms with Crippen LogP contribution in [0.25, 0.3) is 17.0 Å². The number of aryl methyl sites for hydroxylation is 1. The molecule has 1 N–H and O–H groups in total. The Hall–Kier alpha value is -2.12. The van der Waals surface area contributed by atoms with Gasteiger partial charge < -0.3 is 9.67 Å². The molecule has 0 unspecified atom stereocenters. The number of benzene rings is 1. The number of thioether (sulfide) groups is 1. The lowest BCUT2D eigenvalue weighted by Gasteiger charge is -2.10. The molecule has 5 nitrogen and oxygen atoms in total. The fourth-order valence-electron chi connectivity index (χ4n) is 2.63. The Balaban J connectivity index is 2.06. The van der Waals surface area contributed by atoms with E-state index in [0.717, 1.165) is 38.8 Å². The highest BCUT2D eigenvalue weighted by Gasteiger charge is 2.33. The van der Waals surface area contributed by atoms with Crippen molar-refractivity contribution in [3.63, 3.8) is 0 Å². The maximum Gasteiger partial charge on any atom is 0.323 e. The molecule has 1 saturated heterocycles. The van der Waals surface area contributed by atoms with E-state index in [1.165, 1.54) is 0 Å². The van der Waals surface area contributed by atoms with Gasteiger partial charge in [0.2, 0.25) is 0 Å². The molecule has 1 aliphatic rings. The van der Waals surface area contributed by atoms with E-state index in [9.17, 15) is 9.59 Å². The van der Waals surface area contributed by atoms with Crippen molar-refractivity contribution in [2.75, 3.05) is 6.54 Å². The molecular weight excluding hydrogens is 332 g/mol. The van der Waals surface area contributed by atoms with Gasteiger partial charge in [-0.3, -0.25) is 14.5 Å². The highest BCUT2D eigenvalue weighted by molar-refractivity contribution is 8.26. The minimum absolute atomic E-state index is 0.279. The highest BCUT2D eigenvalue weighted by atomic mass is 32.2. The summed E-state index contributed by atoms with van der Waals surface area (Å²) in [5.74, 6) is -1.43. The quantitative estimate of drug-likeness (QED) is 0.684. The van der Waals surface area contributed by atoms with E-state index in [4.69, 9.17) is 17.3 Å². The third kappa shape index (κ3) is 2.66. The maximum absolute atomic E-state index is 12.4. The standard InChI is InChI=1S/C16H14N2O3S2/c1-9-11(10-5-3-4-6-12(10)17(9)2)7-13-15(21)18(8-14(19)20)16(22)23-13/h3-7H,8H2,1-2H3,(H,19,20). The number of hydrogen-bond acceptors (Lipinski definition) is 4. The average molecular weight is 346 g/mol. The Morgan fingerprint density at radius 1 is 1.39 bits per heavy atom. The third-order valence-electron chi connectivity index (χ3n) is 3.89. The number of aromatic nitrogens is 1. The molecule has 3 rings (SSSR count). The zero-order chi connectivity index (χ0) is 16.7. The van der Waals surface area contributed by atoms with Crippen molar-refractivity contribution in [2.45, 2.75) is 6.92 Å². The number of carboxylic acids is 1. The SMILES string of the molecule is Cc1c(C=C2SC(=S)N(CC(=O)O)C2=O)c2ccccc2n1C. The van der Waals surface area contributed by atoms with E-state index in [1.807, 2.05) is 38.2 Å². The summed E-state index contributed by atoms with van der Waals surface area (Å²) in [5, 5.41) is 9.94. The van der Waals surface area contributed by atoms with Crippen molar-refractivity contribution >= 4 is 57.2 Å². The van der Waals surface area contributed by atoms with E-state index >= 15 is 0 Å². The molecule has 0 radical (unpaired) electrons. The fourth-order valence-corrected chi connectivity index (χ4v) is 3.87. The molecule has 1 aliphatic heterocycles. The summed E-state index contributed by atoms with van der Waals surface area (Å²) in [6.07, 6.45) is 1.80. The van der Waals surface area contributed by atoms with Gasteiger partial charge in [0.25, 0.3) is 5.91 Å². The summed E-state index contributed by atoms with van der Waals surface area (Å²) in [7, 11) is 1.98. The molecule has 118 valence electrons. The Labute approximate surface area is 142 Å². The third-order valence-corrected chi connectivity index (χ3v) is 5.27. The maximum atomic E-state index is 12.4. The molecule has 0 bridgehead atoms. The van der Waals surface area contributed by atoms with E-state index in [-0.39, 0.29) is 10.2 Å². The lowest BCUT2D eigenvalue weighted by Crippen LogP contribution is -2.33. The second kappa shape index (κ2) is 5.82. The van der Waals surface area contributed by atoms with Gasteiger partial charge >= 0.3 is 5.97 Å². The summed E-state index contributed by atoms with van der Waals surface area (Å²) in [6, 6.07) is 7.95. The molecule has 0 aliphatic carbocycles. The molecule has 1 aromatic heterocycles. The molecule has 1 fully saturated rings. The fraction of sp³-hybridized carbons (Fsp3) is 0.188. The highest BCUT2D eigenvalue weighted by Crippen LogP contribution is 2.35. The van der Waals surface area contributed by atoms with Gasteiger partial charge in [-0.1, -0.05) is 42.2 Å². The van der Waals surface area contributed by atoms with Crippen molar-refractivity contribution in [1.29, 1.82) is 0 Å². The number of hydrogen-bond donors (Lipinski definition) is 1. The molecule has 1 aromatic carbocycles. The van der Waals surface area contributed by atoms with Crippen molar-refractivity contribution in [1.82, 2.24) is 9.47 Å². The van der Waals surface area contributed by atoms with Gasteiger partial charge in [0.1, 0.15) is 10.9 Å². The van der Waals surface area contributed by atoms with Crippen LogP contribution in [0.3, 0.4) is 0 Å². The molecule has 2 heterocycles. The first-order valence-electron chi connectivity index (χ1n) is 6.91. The predicted molar refractivity (Wildman–Crippen MR) is 95.2 cm³/mol. The smallest absolute Gasteiger partial charge is 0.323 e. The van der Waals surface area contributed by atoms with Gasteiger partial charge in [-0.2, -0.15) is 0 Å². The second-order valence-electron chi connectivity index (χ2n) is 5.24. The Morgan fingerprint density at radius 2 is 2.09 bits per heavy atom. The molecule has 0 spiro atoms. The zero-order valence-electron chi connectivity index (χ0n) is 12.6. The van der Waals surface area contributed by atoms with Crippen molar-refractivity contribution in [2.24, 2.45) is 7.05 Å². The average Bonchev–Trinajstić information content (AvgIpc) is 2.91. The van der Waals surface area contributed by atoms with Crippen LogP contribution in [0.1, 0.15) is 11.3 Å². The Morgan fingerprint density at radius 3 is 2.78 bits per heavy atom. The minimum Gasteiger partial charge on any atom is -0.480 e. The van der Waals surface area contributed by atoms with Crippen LogP contribution in [-0.2, 0) is 16.6 Å². The van der Waals surface area contributed by atoms with Crippen LogP contribution >= 0.6 is 24.0 Å². The number of carbonyl (C=O) groups is 2. The van der Waals surface area contributed by atoms with E-state index in [2.05, 4.69) is 4.57 Å². The molecular formula is C16H14N2O3S2. The number of nitrogens with zero attached hydrogens (tertiary/aromatic N) is 2. The number of thiocarbonyl (C=S) groups is 1. The van der Waals surface area contributed by atoms with Gasteiger partial charge in [0, 0.05) is 29.2 Å². The van der Waals surface area contributed by atoms with Crippen LogP contribution < -0.4 is 0 Å². The van der Waals surface area contributed by atoms with Crippen LogP contribution in [0.15, 0.2) is 29.2 Å². The molecule has 2 aromatic rings. The largest absolute Gasteiger partial charge is 0.480 e. The number of fused-ring (bicyclic) bond motifs is 1. The first-order chi connectivity index (χ1) is 10.9. The second-order valence-corrected chi connectivity index (χ2v) is 6.91. The number of aliphatic carboxylic acids is 1. The lowest BCUT2D eigenvalue weighted by atomic mass is 10.1. The summed E-state index contributed by atoms with van der Waals surface area (Å²) in [4.78, 5) is 24.8. The Bertz CT molecular complexity index is 883. The normalized spacial score (nSPS) is 16.8. The predicted octanol–water partition coefficient (Wildman–Crippen LogP) is 2.77. The number of para-hydroxylation sites is 1. The molecule has 0 saturated carbocycles. The van der Waals surface area contributed by atoms with Crippen LogP contribution in [0.5, 0.6) is 0 Å². The van der Waals surface area contributed by atoms with Crippen LogP contribution in [0.2, 0.25) is 0 Å². The number of carboxylic acid groups (broad SMARTS) is 1. The van der Waals surface area contributed by atoms with Gasteiger partial charge in [0.15, 0.2) is 0 Å². The van der Waals surface area contributed by atoms with Gasteiger partial charge in [-0.15, -0.1) is 0 Å². The Kier molecular flexibility index (Phi) is 3.99. The minimum atomic E-state index is -1.08. The van der Waals surface area contributed by atoms with Crippen LogP contribution in [0, 0.1) is 6.92 Å². The molecule has 7 heteroatoms. The van der Waals surface area contributed by atoms with Gasteiger partial charge in [-0.25, -0.2) is 0 Å². The molecule has 1 amide bonds. The van der Waals surface area contributed by atoms with Crippen LogP contribution in [-0.4, -0.2) is 37.3 Å². The molecule has 23 heavy (non-hydrogen) atoms. The van der Waals surface area contributed by atoms with Gasteiger partial charge in [-0.05, 0) is 19.1 Å². The summed E-state index contributed by atoms with van der Waals surface area (Å²) < 4.78 is 2.35. The van der Waals surface area contributed by atoms with Crippen LogP contribution in [0.4, 0.5) is 0 Å². The number of carbonyl (C=O) groups excluding carboxylic acids is 1. The summed E-state index contributed by atoms with van der Waals surface area (Å²) >= 11 is 6.26. The summed E-state index contributed by atoms with van der Waals surface area (Å²) in [5.41, 5.74) is 3.07. The topological polar surface area (TPSA) is 62.5 Å². The lowest BCUT2D eigenvalue weighted by molar-refractivity contribution is -0.140. The van der Waals surface area contributed by atoms with Gasteiger partial charge in [0.05, 0.1) is 4.91 Å². The van der Waals surface area contributed by atoms with Crippen molar-refractivity contribution in [3.8, 4) is 0 Å².